The van der Waals surface area contributed by atoms with Crippen LogP contribution in [0.4, 0.5) is 0 Å². The van der Waals surface area contributed by atoms with Crippen molar-refractivity contribution in [3.05, 3.63) is 30.1 Å². The smallest absolute Gasteiger partial charge is 0.230 e. The van der Waals surface area contributed by atoms with E-state index in [4.69, 9.17) is 5.73 Å². The first-order valence-corrected chi connectivity index (χ1v) is 7.41. The number of rotatable bonds is 4. The average molecular weight is 275 g/mol. The van der Waals surface area contributed by atoms with Crippen molar-refractivity contribution in [2.45, 2.75) is 58.7 Å². The van der Waals surface area contributed by atoms with Crippen LogP contribution in [-0.4, -0.2) is 27.9 Å². The van der Waals surface area contributed by atoms with E-state index in [1.807, 2.05) is 43.9 Å². The summed E-state index contributed by atoms with van der Waals surface area (Å²) in [6.07, 6.45) is 4.64. The topological polar surface area (TPSA) is 59.2 Å². The fourth-order valence-corrected chi connectivity index (χ4v) is 2.94. The number of pyridine rings is 1. The second-order valence-corrected chi connectivity index (χ2v) is 6.26. The van der Waals surface area contributed by atoms with Gasteiger partial charge in [0.25, 0.3) is 0 Å². The number of aromatic nitrogens is 1. The van der Waals surface area contributed by atoms with Gasteiger partial charge in [0.2, 0.25) is 5.91 Å². The summed E-state index contributed by atoms with van der Waals surface area (Å²) in [5.74, 6) is 0.170. The Bertz CT molecular complexity index is 460. The largest absolute Gasteiger partial charge is 0.334 e. The van der Waals surface area contributed by atoms with E-state index in [-0.39, 0.29) is 18.0 Å². The summed E-state index contributed by atoms with van der Waals surface area (Å²) in [6, 6.07) is 5.92. The lowest BCUT2D eigenvalue weighted by Gasteiger charge is -2.36. The minimum absolute atomic E-state index is 0.0278. The van der Waals surface area contributed by atoms with Gasteiger partial charge in [-0.1, -0.05) is 12.5 Å². The Morgan fingerprint density at radius 1 is 1.55 bits per heavy atom. The minimum atomic E-state index is -0.418. The highest BCUT2D eigenvalue weighted by Gasteiger charge is 2.45. The number of nitrogens with zero attached hydrogens (tertiary/aromatic N) is 2. The fourth-order valence-electron chi connectivity index (χ4n) is 2.94. The zero-order chi connectivity index (χ0) is 14.8. The van der Waals surface area contributed by atoms with E-state index in [2.05, 4.69) is 4.98 Å². The van der Waals surface area contributed by atoms with Gasteiger partial charge in [-0.25, -0.2) is 0 Å². The van der Waals surface area contributed by atoms with Gasteiger partial charge in [0.1, 0.15) is 0 Å². The van der Waals surface area contributed by atoms with Crippen molar-refractivity contribution in [3.63, 3.8) is 0 Å². The number of carbonyl (C=O) groups excluding carboxylic acids is 1. The van der Waals surface area contributed by atoms with Crippen molar-refractivity contribution in [3.8, 4) is 0 Å². The Morgan fingerprint density at radius 2 is 2.30 bits per heavy atom. The van der Waals surface area contributed by atoms with Crippen molar-refractivity contribution in [2.24, 2.45) is 11.1 Å². The molecule has 4 heteroatoms. The Hall–Kier alpha value is -1.42. The van der Waals surface area contributed by atoms with Crippen LogP contribution < -0.4 is 5.73 Å². The molecule has 4 nitrogen and oxygen atoms in total. The van der Waals surface area contributed by atoms with Crippen molar-refractivity contribution >= 4 is 5.91 Å². The maximum Gasteiger partial charge on any atom is 0.230 e. The van der Waals surface area contributed by atoms with Gasteiger partial charge in [-0.15, -0.1) is 0 Å². The van der Waals surface area contributed by atoms with Gasteiger partial charge >= 0.3 is 0 Å². The third kappa shape index (κ3) is 2.85. The lowest BCUT2D eigenvalue weighted by Crippen LogP contribution is -2.51. The van der Waals surface area contributed by atoms with Crippen LogP contribution in [0.2, 0.25) is 0 Å². The molecule has 2 rings (SSSR count). The quantitative estimate of drug-likeness (QED) is 0.917. The van der Waals surface area contributed by atoms with Gasteiger partial charge in [-0.3, -0.25) is 9.78 Å². The molecule has 1 amide bonds. The van der Waals surface area contributed by atoms with Crippen LogP contribution in [0.25, 0.3) is 0 Å². The fraction of sp³-hybridized carbons (Fsp3) is 0.625. The highest BCUT2D eigenvalue weighted by atomic mass is 16.2. The molecule has 110 valence electrons. The standard InChI is InChI=1S/C16H25N3O/c1-12(2)19(11-13-7-4-5-10-18-13)15(20)16(3)9-6-8-14(16)17/h4-5,7,10,12,14H,6,8-9,11,17H2,1-3H3. The second-order valence-electron chi connectivity index (χ2n) is 6.26. The molecule has 1 saturated carbocycles. The minimum Gasteiger partial charge on any atom is -0.334 e. The van der Waals surface area contributed by atoms with E-state index >= 15 is 0 Å². The Kier molecular flexibility index (Phi) is 4.43. The maximum atomic E-state index is 12.9. The predicted molar refractivity (Wildman–Crippen MR) is 79.9 cm³/mol. The summed E-state index contributed by atoms with van der Waals surface area (Å²) in [5.41, 5.74) is 6.69. The van der Waals surface area contributed by atoms with Crippen LogP contribution in [0.5, 0.6) is 0 Å². The number of nitrogens with two attached hydrogens (primary N) is 1. The molecule has 1 aromatic rings. The summed E-state index contributed by atoms with van der Waals surface area (Å²) in [4.78, 5) is 19.2. The van der Waals surface area contributed by atoms with E-state index in [9.17, 15) is 4.79 Å². The van der Waals surface area contributed by atoms with Crippen LogP contribution >= 0.6 is 0 Å². The molecule has 1 aliphatic carbocycles. The molecule has 1 heterocycles. The van der Waals surface area contributed by atoms with Crippen LogP contribution in [0.15, 0.2) is 24.4 Å². The molecule has 2 atom stereocenters. The average Bonchev–Trinajstić information content (AvgIpc) is 2.77. The van der Waals surface area contributed by atoms with Crippen LogP contribution in [0.1, 0.15) is 45.7 Å². The lowest BCUT2D eigenvalue weighted by molar-refractivity contribution is -0.144. The predicted octanol–water partition coefficient (Wildman–Crippen LogP) is 2.34. The molecule has 0 spiro atoms. The highest BCUT2D eigenvalue weighted by molar-refractivity contribution is 5.83. The first-order chi connectivity index (χ1) is 9.45. The van der Waals surface area contributed by atoms with Gasteiger partial charge in [0.05, 0.1) is 17.7 Å². The van der Waals surface area contributed by atoms with E-state index in [0.29, 0.717) is 6.54 Å². The SMILES string of the molecule is CC(C)N(Cc1ccccn1)C(=O)C1(C)CCCC1N. The molecule has 0 aliphatic heterocycles. The number of hydrogen-bond acceptors (Lipinski definition) is 3. The molecule has 0 aromatic carbocycles. The molecule has 0 saturated heterocycles. The van der Waals surface area contributed by atoms with Gasteiger partial charge in [-0.05, 0) is 45.7 Å². The van der Waals surface area contributed by atoms with Crippen LogP contribution in [0, 0.1) is 5.41 Å². The Labute approximate surface area is 121 Å². The first kappa shape index (κ1) is 15.0. The summed E-state index contributed by atoms with van der Waals surface area (Å²) in [7, 11) is 0. The molecule has 1 aliphatic rings. The monoisotopic (exact) mass is 275 g/mol. The summed E-state index contributed by atoms with van der Waals surface area (Å²) < 4.78 is 0. The third-order valence-corrected chi connectivity index (χ3v) is 4.46. The van der Waals surface area contributed by atoms with Crippen molar-refractivity contribution in [2.75, 3.05) is 0 Å². The second kappa shape index (κ2) is 5.92. The van der Waals surface area contributed by atoms with Crippen molar-refractivity contribution < 1.29 is 4.79 Å². The van der Waals surface area contributed by atoms with E-state index in [1.165, 1.54) is 0 Å². The molecular formula is C16H25N3O. The van der Waals surface area contributed by atoms with Gasteiger partial charge < -0.3 is 10.6 Å². The van der Waals surface area contributed by atoms with Crippen molar-refractivity contribution in [1.29, 1.82) is 0 Å². The Balaban J connectivity index is 2.19. The molecular weight excluding hydrogens is 250 g/mol. The molecule has 1 aromatic heterocycles. The molecule has 20 heavy (non-hydrogen) atoms. The van der Waals surface area contributed by atoms with E-state index in [1.54, 1.807) is 6.20 Å². The highest BCUT2D eigenvalue weighted by Crippen LogP contribution is 2.39. The number of amides is 1. The maximum absolute atomic E-state index is 12.9. The lowest BCUT2D eigenvalue weighted by atomic mass is 9.83. The molecule has 2 N–H and O–H groups in total. The molecule has 0 bridgehead atoms. The van der Waals surface area contributed by atoms with E-state index in [0.717, 1.165) is 25.0 Å². The number of carbonyl (C=O) groups is 1. The van der Waals surface area contributed by atoms with Crippen LogP contribution in [-0.2, 0) is 11.3 Å². The van der Waals surface area contributed by atoms with Crippen LogP contribution in [0.3, 0.4) is 0 Å². The summed E-state index contributed by atoms with van der Waals surface area (Å²) in [5, 5.41) is 0. The van der Waals surface area contributed by atoms with Gasteiger partial charge in [0, 0.05) is 18.3 Å². The van der Waals surface area contributed by atoms with E-state index < -0.39 is 5.41 Å². The normalized spacial score (nSPS) is 25.9. The Morgan fingerprint density at radius 3 is 2.80 bits per heavy atom. The zero-order valence-electron chi connectivity index (χ0n) is 12.7. The van der Waals surface area contributed by atoms with Gasteiger partial charge in [0.15, 0.2) is 0 Å². The van der Waals surface area contributed by atoms with Gasteiger partial charge in [-0.2, -0.15) is 0 Å². The zero-order valence-corrected chi connectivity index (χ0v) is 12.7. The van der Waals surface area contributed by atoms with Crippen molar-refractivity contribution in [1.82, 2.24) is 9.88 Å². The molecule has 2 unspecified atom stereocenters. The number of hydrogen-bond donors (Lipinski definition) is 1. The first-order valence-electron chi connectivity index (χ1n) is 7.41. The summed E-state index contributed by atoms with van der Waals surface area (Å²) in [6.45, 7) is 6.66. The third-order valence-electron chi connectivity index (χ3n) is 4.46. The molecule has 1 fully saturated rings. The molecule has 0 radical (unpaired) electrons. The summed E-state index contributed by atoms with van der Waals surface area (Å²) >= 11 is 0.